The van der Waals surface area contributed by atoms with Crippen molar-refractivity contribution < 1.29 is 4.74 Å². The number of halogens is 1. The van der Waals surface area contributed by atoms with Crippen molar-refractivity contribution in [2.45, 2.75) is 38.6 Å². The lowest BCUT2D eigenvalue weighted by Crippen LogP contribution is -2.26. The molecule has 1 aromatic heterocycles. The van der Waals surface area contributed by atoms with Crippen molar-refractivity contribution in [3.8, 4) is 5.88 Å². The molecule has 5 heteroatoms. The lowest BCUT2D eigenvalue weighted by atomic mass is 10.1. The highest BCUT2D eigenvalue weighted by atomic mass is 35.5. The maximum absolute atomic E-state index is 6.08. The normalized spacial score (nSPS) is 15.4. The third-order valence-electron chi connectivity index (χ3n) is 3.23. The first-order valence-electron chi connectivity index (χ1n) is 6.43. The molecule has 1 heterocycles. The summed E-state index contributed by atoms with van der Waals surface area (Å²) in [5.41, 5.74) is 0.897. The molecule has 1 aliphatic carbocycles. The molecule has 1 saturated carbocycles. The fourth-order valence-electron chi connectivity index (χ4n) is 1.94. The molecule has 1 aliphatic rings. The van der Waals surface area contributed by atoms with Crippen LogP contribution in [0, 0.1) is 0 Å². The average Bonchev–Trinajstić information content (AvgIpc) is 3.12. The van der Waals surface area contributed by atoms with Crippen molar-refractivity contribution in [1.29, 1.82) is 0 Å². The predicted octanol–water partition coefficient (Wildman–Crippen LogP) is 2.73. The lowest BCUT2D eigenvalue weighted by molar-refractivity contribution is 0.224. The monoisotopic (exact) mass is 269 g/mol. The van der Waals surface area contributed by atoms with Crippen LogP contribution in [0.5, 0.6) is 5.88 Å². The molecule has 0 spiro atoms. The molecule has 1 fully saturated rings. The molecule has 0 unspecified atom stereocenters. The van der Waals surface area contributed by atoms with Gasteiger partial charge < -0.3 is 9.64 Å². The van der Waals surface area contributed by atoms with Gasteiger partial charge in [0.05, 0.1) is 5.56 Å². The Morgan fingerprint density at radius 1 is 1.44 bits per heavy atom. The number of ether oxygens (including phenoxy) is 1. The summed E-state index contributed by atoms with van der Waals surface area (Å²) in [5.74, 6) is 0.879. The minimum Gasteiger partial charge on any atom is -0.476 e. The second kappa shape index (κ2) is 5.85. The van der Waals surface area contributed by atoms with Crippen LogP contribution in [0.2, 0.25) is 5.15 Å². The van der Waals surface area contributed by atoms with E-state index < -0.39 is 0 Å². The molecule has 0 atom stereocenters. The van der Waals surface area contributed by atoms with Crippen LogP contribution >= 0.6 is 11.6 Å². The zero-order valence-electron chi connectivity index (χ0n) is 11.2. The Hall–Kier alpha value is -0.870. The molecule has 0 saturated heterocycles. The van der Waals surface area contributed by atoms with E-state index in [1.165, 1.54) is 19.2 Å². The number of hydrogen-bond donors (Lipinski definition) is 0. The maximum Gasteiger partial charge on any atom is 0.221 e. The summed E-state index contributed by atoms with van der Waals surface area (Å²) in [5, 5.41) is 0.491. The molecule has 0 amide bonds. The van der Waals surface area contributed by atoms with E-state index in [9.17, 15) is 0 Å². The first-order chi connectivity index (χ1) is 8.59. The van der Waals surface area contributed by atoms with Crippen molar-refractivity contribution in [2.24, 2.45) is 0 Å². The van der Waals surface area contributed by atoms with Crippen LogP contribution in [0.1, 0.15) is 38.2 Å². The van der Waals surface area contributed by atoms with E-state index >= 15 is 0 Å². The van der Waals surface area contributed by atoms with Crippen LogP contribution in [0.25, 0.3) is 0 Å². The highest BCUT2D eigenvalue weighted by Gasteiger charge is 2.25. The van der Waals surface area contributed by atoms with Gasteiger partial charge in [-0.2, -0.15) is 0 Å². The zero-order chi connectivity index (χ0) is 13.1. The van der Waals surface area contributed by atoms with E-state index in [0.29, 0.717) is 17.6 Å². The van der Waals surface area contributed by atoms with E-state index in [4.69, 9.17) is 16.3 Å². The molecule has 0 radical (unpaired) electrons. The Kier molecular flexibility index (Phi) is 4.40. The Morgan fingerprint density at radius 2 is 2.17 bits per heavy atom. The molecule has 100 valence electrons. The highest BCUT2D eigenvalue weighted by Crippen LogP contribution is 2.29. The molecule has 2 rings (SSSR count). The minimum absolute atomic E-state index is 0.259. The standard InChI is InChI=1S/C13H20ClN3O/c1-9(2)11-12(14)15-8-16-13(11)18-7-6-17(3)10-4-5-10/h8-10H,4-7H2,1-3H3. The molecule has 0 aliphatic heterocycles. The van der Waals surface area contributed by atoms with Crippen LogP contribution in [0.3, 0.4) is 0 Å². The summed E-state index contributed by atoms with van der Waals surface area (Å²) >= 11 is 6.08. The van der Waals surface area contributed by atoms with E-state index in [1.807, 2.05) is 0 Å². The van der Waals surface area contributed by atoms with Gasteiger partial charge >= 0.3 is 0 Å². The van der Waals surface area contributed by atoms with Crippen molar-refractivity contribution in [1.82, 2.24) is 14.9 Å². The Morgan fingerprint density at radius 3 is 2.78 bits per heavy atom. The Balaban J connectivity index is 1.93. The van der Waals surface area contributed by atoms with Gasteiger partial charge in [0.25, 0.3) is 0 Å². The third kappa shape index (κ3) is 3.33. The molecular formula is C13H20ClN3O. The number of nitrogens with zero attached hydrogens (tertiary/aromatic N) is 3. The minimum atomic E-state index is 0.259. The molecule has 1 aromatic rings. The largest absolute Gasteiger partial charge is 0.476 e. The average molecular weight is 270 g/mol. The van der Waals surface area contributed by atoms with Crippen molar-refractivity contribution in [2.75, 3.05) is 20.2 Å². The fraction of sp³-hybridized carbons (Fsp3) is 0.692. The van der Waals surface area contributed by atoms with Gasteiger partial charge in [-0.25, -0.2) is 9.97 Å². The van der Waals surface area contributed by atoms with E-state index in [2.05, 4.69) is 35.8 Å². The summed E-state index contributed by atoms with van der Waals surface area (Å²) in [6.45, 7) is 5.69. The SMILES string of the molecule is CC(C)c1c(Cl)ncnc1OCCN(C)C1CC1. The summed E-state index contributed by atoms with van der Waals surface area (Å²) in [7, 11) is 2.14. The Labute approximate surface area is 113 Å². The summed E-state index contributed by atoms with van der Waals surface area (Å²) in [6.07, 6.45) is 4.08. The topological polar surface area (TPSA) is 38.3 Å². The van der Waals surface area contributed by atoms with Gasteiger partial charge in [0, 0.05) is 12.6 Å². The Bertz CT molecular complexity index is 407. The zero-order valence-corrected chi connectivity index (χ0v) is 11.9. The van der Waals surface area contributed by atoms with E-state index in [1.54, 1.807) is 0 Å². The third-order valence-corrected chi connectivity index (χ3v) is 3.53. The van der Waals surface area contributed by atoms with Crippen LogP contribution in [0.4, 0.5) is 0 Å². The van der Waals surface area contributed by atoms with Gasteiger partial charge in [-0.1, -0.05) is 25.4 Å². The van der Waals surface area contributed by atoms with Gasteiger partial charge in [-0.05, 0) is 25.8 Å². The van der Waals surface area contributed by atoms with Gasteiger partial charge in [0.2, 0.25) is 5.88 Å². The van der Waals surface area contributed by atoms with E-state index in [-0.39, 0.29) is 5.92 Å². The second-order valence-corrected chi connectivity index (χ2v) is 5.46. The number of rotatable bonds is 6. The van der Waals surface area contributed by atoms with Crippen molar-refractivity contribution in [3.63, 3.8) is 0 Å². The first-order valence-corrected chi connectivity index (χ1v) is 6.80. The fourth-order valence-corrected chi connectivity index (χ4v) is 2.29. The molecular weight excluding hydrogens is 250 g/mol. The highest BCUT2D eigenvalue weighted by molar-refractivity contribution is 6.30. The van der Waals surface area contributed by atoms with Gasteiger partial charge in [-0.3, -0.25) is 0 Å². The smallest absolute Gasteiger partial charge is 0.221 e. The number of likely N-dealkylation sites (N-methyl/N-ethyl adjacent to an activating group) is 1. The summed E-state index contributed by atoms with van der Waals surface area (Å²) in [4.78, 5) is 10.5. The van der Waals surface area contributed by atoms with Crippen molar-refractivity contribution in [3.05, 3.63) is 17.0 Å². The molecule has 0 bridgehead atoms. The maximum atomic E-state index is 6.08. The van der Waals surface area contributed by atoms with Gasteiger partial charge in [-0.15, -0.1) is 0 Å². The summed E-state index contributed by atoms with van der Waals surface area (Å²) < 4.78 is 5.75. The molecule has 4 nitrogen and oxygen atoms in total. The number of hydrogen-bond acceptors (Lipinski definition) is 4. The lowest BCUT2D eigenvalue weighted by Gasteiger charge is -2.17. The molecule has 0 N–H and O–H groups in total. The quantitative estimate of drug-likeness (QED) is 0.745. The number of aromatic nitrogens is 2. The van der Waals surface area contributed by atoms with Crippen LogP contribution in [0.15, 0.2) is 6.33 Å². The predicted molar refractivity (Wildman–Crippen MR) is 72.3 cm³/mol. The van der Waals surface area contributed by atoms with Crippen LogP contribution < -0.4 is 4.74 Å². The summed E-state index contributed by atoms with van der Waals surface area (Å²) in [6, 6.07) is 0.757. The molecule has 0 aromatic carbocycles. The van der Waals surface area contributed by atoms with Crippen molar-refractivity contribution >= 4 is 11.6 Å². The van der Waals surface area contributed by atoms with Crippen LogP contribution in [-0.2, 0) is 0 Å². The first kappa shape index (κ1) is 13.6. The second-order valence-electron chi connectivity index (χ2n) is 5.10. The van der Waals surface area contributed by atoms with Gasteiger partial charge in [0.15, 0.2) is 0 Å². The van der Waals surface area contributed by atoms with Gasteiger partial charge in [0.1, 0.15) is 18.1 Å². The van der Waals surface area contributed by atoms with E-state index in [0.717, 1.165) is 18.2 Å². The van der Waals surface area contributed by atoms with Crippen LogP contribution in [-0.4, -0.2) is 41.1 Å². The molecule has 18 heavy (non-hydrogen) atoms.